The summed E-state index contributed by atoms with van der Waals surface area (Å²) < 4.78 is 0. The van der Waals surface area contributed by atoms with Crippen LogP contribution < -0.4 is 5.73 Å². The van der Waals surface area contributed by atoms with Gasteiger partial charge in [-0.2, -0.15) is 5.26 Å². The molecule has 90 valence electrons. The lowest BCUT2D eigenvalue weighted by Gasteiger charge is -2.06. The van der Waals surface area contributed by atoms with E-state index >= 15 is 0 Å². The van der Waals surface area contributed by atoms with Gasteiger partial charge in [0.25, 0.3) is 0 Å². The zero-order valence-corrected chi connectivity index (χ0v) is 11.1. The van der Waals surface area contributed by atoms with Crippen LogP contribution in [-0.4, -0.2) is 4.98 Å². The van der Waals surface area contributed by atoms with Gasteiger partial charge in [-0.1, -0.05) is 17.8 Å². The molecule has 0 fully saturated rings. The highest BCUT2D eigenvalue weighted by Gasteiger charge is 2.07. The van der Waals surface area contributed by atoms with Crippen LogP contribution in [0.1, 0.15) is 16.7 Å². The van der Waals surface area contributed by atoms with Crippen molar-refractivity contribution in [3.63, 3.8) is 0 Å². The summed E-state index contributed by atoms with van der Waals surface area (Å²) in [6, 6.07) is 9.97. The lowest BCUT2D eigenvalue weighted by molar-refractivity contribution is 1.11. The Labute approximate surface area is 111 Å². The second-order valence-corrected chi connectivity index (χ2v) is 5.14. The number of aromatic nitrogens is 1. The average molecular weight is 255 g/mol. The third-order valence-corrected chi connectivity index (χ3v) is 3.69. The van der Waals surface area contributed by atoms with Gasteiger partial charge in [-0.05, 0) is 43.2 Å². The van der Waals surface area contributed by atoms with Gasteiger partial charge in [-0.25, -0.2) is 4.98 Å². The van der Waals surface area contributed by atoms with Gasteiger partial charge in [-0.15, -0.1) is 0 Å². The van der Waals surface area contributed by atoms with Crippen molar-refractivity contribution >= 4 is 17.4 Å². The van der Waals surface area contributed by atoms with Crippen LogP contribution in [0.2, 0.25) is 0 Å². The summed E-state index contributed by atoms with van der Waals surface area (Å²) >= 11 is 1.48. The lowest BCUT2D eigenvalue weighted by atomic mass is 10.1. The van der Waals surface area contributed by atoms with E-state index in [1.807, 2.05) is 6.07 Å². The van der Waals surface area contributed by atoms with Gasteiger partial charge in [0.1, 0.15) is 11.1 Å². The summed E-state index contributed by atoms with van der Waals surface area (Å²) in [4.78, 5) is 5.29. The third kappa shape index (κ3) is 2.63. The quantitative estimate of drug-likeness (QED) is 0.894. The number of benzene rings is 1. The minimum absolute atomic E-state index is 0.510. The molecule has 0 saturated heterocycles. The van der Waals surface area contributed by atoms with Gasteiger partial charge in [0, 0.05) is 4.90 Å². The topological polar surface area (TPSA) is 62.7 Å². The van der Waals surface area contributed by atoms with Crippen LogP contribution in [-0.2, 0) is 0 Å². The molecule has 1 aromatic heterocycles. The molecule has 0 aliphatic rings. The number of rotatable bonds is 2. The highest BCUT2D eigenvalue weighted by atomic mass is 32.2. The fourth-order valence-corrected chi connectivity index (χ4v) is 2.43. The van der Waals surface area contributed by atoms with Gasteiger partial charge in [0.15, 0.2) is 0 Å². The minimum atomic E-state index is 0.510. The molecule has 0 atom stereocenters. The smallest absolute Gasteiger partial charge is 0.119 e. The number of nitrogens with two attached hydrogens (primary N) is 1. The largest absolute Gasteiger partial charge is 0.397 e. The Hall–Kier alpha value is -1.99. The molecule has 3 nitrogen and oxygen atoms in total. The molecule has 4 heteroatoms. The Morgan fingerprint density at radius 1 is 1.22 bits per heavy atom. The van der Waals surface area contributed by atoms with Crippen molar-refractivity contribution in [1.82, 2.24) is 4.98 Å². The maximum Gasteiger partial charge on any atom is 0.119 e. The SMILES string of the molecule is Cc1ccc(Sc2ncc(N)cc2C#N)cc1C. The first-order valence-electron chi connectivity index (χ1n) is 5.51. The van der Waals surface area contributed by atoms with E-state index in [4.69, 9.17) is 11.0 Å². The fourth-order valence-electron chi connectivity index (χ4n) is 1.52. The van der Waals surface area contributed by atoms with E-state index in [1.165, 1.54) is 22.9 Å². The van der Waals surface area contributed by atoms with Crippen LogP contribution in [0.3, 0.4) is 0 Å². The summed E-state index contributed by atoms with van der Waals surface area (Å²) in [5.74, 6) is 0. The second kappa shape index (κ2) is 5.11. The number of aryl methyl sites for hydroxylation is 2. The van der Waals surface area contributed by atoms with E-state index in [2.05, 4.69) is 37.0 Å². The number of hydrogen-bond acceptors (Lipinski definition) is 4. The minimum Gasteiger partial charge on any atom is -0.397 e. The highest BCUT2D eigenvalue weighted by molar-refractivity contribution is 7.99. The zero-order chi connectivity index (χ0) is 13.1. The normalized spacial score (nSPS) is 10.1. The van der Waals surface area contributed by atoms with E-state index in [9.17, 15) is 0 Å². The first-order chi connectivity index (χ1) is 8.60. The van der Waals surface area contributed by atoms with Crippen LogP contribution in [0.4, 0.5) is 5.69 Å². The Balaban J connectivity index is 2.34. The van der Waals surface area contributed by atoms with Crippen molar-refractivity contribution in [1.29, 1.82) is 5.26 Å². The van der Waals surface area contributed by atoms with Crippen LogP contribution in [0, 0.1) is 25.2 Å². The Morgan fingerprint density at radius 2 is 2.00 bits per heavy atom. The van der Waals surface area contributed by atoms with Crippen LogP contribution in [0.5, 0.6) is 0 Å². The van der Waals surface area contributed by atoms with Gasteiger partial charge >= 0.3 is 0 Å². The Kier molecular flexibility index (Phi) is 3.54. The molecule has 0 spiro atoms. The van der Waals surface area contributed by atoms with Crippen LogP contribution in [0.25, 0.3) is 0 Å². The Morgan fingerprint density at radius 3 is 2.67 bits per heavy atom. The van der Waals surface area contributed by atoms with Crippen molar-refractivity contribution in [2.45, 2.75) is 23.8 Å². The summed E-state index contributed by atoms with van der Waals surface area (Å²) in [7, 11) is 0. The average Bonchev–Trinajstić information content (AvgIpc) is 2.36. The van der Waals surface area contributed by atoms with Crippen LogP contribution in [0.15, 0.2) is 40.4 Å². The van der Waals surface area contributed by atoms with Gasteiger partial charge in [0.2, 0.25) is 0 Å². The number of hydrogen-bond donors (Lipinski definition) is 1. The first-order valence-corrected chi connectivity index (χ1v) is 6.32. The third-order valence-electron chi connectivity index (χ3n) is 2.69. The number of nitrogen functional groups attached to an aromatic ring is 1. The summed E-state index contributed by atoms with van der Waals surface area (Å²) in [6.07, 6.45) is 1.57. The van der Waals surface area contributed by atoms with Gasteiger partial charge in [0.05, 0.1) is 17.4 Å². The van der Waals surface area contributed by atoms with Crippen molar-refractivity contribution in [2.75, 3.05) is 5.73 Å². The molecule has 0 aliphatic heterocycles. The van der Waals surface area contributed by atoms with E-state index in [0.717, 1.165) is 4.90 Å². The number of anilines is 1. The molecule has 0 bridgehead atoms. The maximum absolute atomic E-state index is 9.06. The van der Waals surface area contributed by atoms with E-state index < -0.39 is 0 Å². The fraction of sp³-hybridized carbons (Fsp3) is 0.143. The predicted octanol–water partition coefficient (Wildman–Crippen LogP) is 3.30. The summed E-state index contributed by atoms with van der Waals surface area (Å²) in [5.41, 5.74) is 9.13. The van der Waals surface area contributed by atoms with E-state index in [1.54, 1.807) is 12.3 Å². The Bertz CT molecular complexity index is 629. The molecule has 1 heterocycles. The van der Waals surface area contributed by atoms with Crippen molar-refractivity contribution in [3.05, 3.63) is 47.2 Å². The molecule has 0 unspecified atom stereocenters. The van der Waals surface area contributed by atoms with Crippen LogP contribution >= 0.6 is 11.8 Å². The molecule has 18 heavy (non-hydrogen) atoms. The highest BCUT2D eigenvalue weighted by Crippen LogP contribution is 2.30. The molecule has 0 saturated carbocycles. The van der Waals surface area contributed by atoms with E-state index in [-0.39, 0.29) is 0 Å². The molecule has 2 aromatic rings. The molecular weight excluding hydrogens is 242 g/mol. The lowest BCUT2D eigenvalue weighted by Crippen LogP contribution is -1.92. The first kappa shape index (κ1) is 12.5. The van der Waals surface area contributed by atoms with Crippen molar-refractivity contribution in [2.24, 2.45) is 0 Å². The molecule has 1 aromatic carbocycles. The predicted molar refractivity (Wildman–Crippen MR) is 73.4 cm³/mol. The van der Waals surface area contributed by atoms with E-state index in [0.29, 0.717) is 16.3 Å². The molecule has 0 amide bonds. The molecular formula is C14H13N3S. The second-order valence-electron chi connectivity index (χ2n) is 4.08. The van der Waals surface area contributed by atoms with Gasteiger partial charge in [-0.3, -0.25) is 0 Å². The van der Waals surface area contributed by atoms with Crippen molar-refractivity contribution < 1.29 is 0 Å². The summed E-state index contributed by atoms with van der Waals surface area (Å²) in [5, 5.41) is 9.75. The summed E-state index contributed by atoms with van der Waals surface area (Å²) in [6.45, 7) is 4.15. The maximum atomic E-state index is 9.06. The number of nitriles is 1. The monoisotopic (exact) mass is 255 g/mol. The number of nitrogens with zero attached hydrogens (tertiary/aromatic N) is 2. The van der Waals surface area contributed by atoms with Gasteiger partial charge < -0.3 is 5.73 Å². The molecule has 2 rings (SSSR count). The van der Waals surface area contributed by atoms with Crippen molar-refractivity contribution in [3.8, 4) is 6.07 Å². The molecule has 2 N–H and O–H groups in total. The molecule has 0 radical (unpaired) electrons. The zero-order valence-electron chi connectivity index (χ0n) is 10.3. The molecule has 0 aliphatic carbocycles. The standard InChI is InChI=1S/C14H13N3S/c1-9-3-4-13(5-10(9)2)18-14-11(7-15)6-12(16)8-17-14/h3-6,8H,16H2,1-2H3. The number of pyridine rings is 1.